The lowest BCUT2D eigenvalue weighted by Gasteiger charge is -2.09. The molecule has 23 heavy (non-hydrogen) atoms. The fraction of sp³-hybridized carbons (Fsp3) is 0.111. The summed E-state index contributed by atoms with van der Waals surface area (Å²) in [5.41, 5.74) is 15.7. The summed E-state index contributed by atoms with van der Waals surface area (Å²) in [6.07, 6.45) is 2.37. The van der Waals surface area contributed by atoms with E-state index >= 15 is 0 Å². The molecule has 3 rings (SSSR count). The van der Waals surface area contributed by atoms with Gasteiger partial charge in [0.1, 0.15) is 0 Å². The quantitative estimate of drug-likeness (QED) is 0.510. The lowest BCUT2D eigenvalue weighted by molar-refractivity contribution is 0.480. The van der Waals surface area contributed by atoms with Crippen LogP contribution in [0.2, 0.25) is 0 Å². The lowest BCUT2D eigenvalue weighted by atomic mass is 10.1. The van der Waals surface area contributed by atoms with Gasteiger partial charge in [0.2, 0.25) is 0 Å². The zero-order valence-corrected chi connectivity index (χ0v) is 12.8. The summed E-state index contributed by atoms with van der Waals surface area (Å²) >= 11 is 0. The number of benzene rings is 2. The molecule has 116 valence electrons. The molecule has 0 saturated heterocycles. The summed E-state index contributed by atoms with van der Waals surface area (Å²) in [4.78, 5) is 8.75. The van der Waals surface area contributed by atoms with Crippen LogP contribution < -0.4 is 11.5 Å². The van der Waals surface area contributed by atoms with E-state index in [2.05, 4.69) is 41.2 Å². The minimum Gasteiger partial charge on any atom is -0.505 e. The first kappa shape index (κ1) is 14.8. The number of hydrogen-bond acceptors (Lipinski definition) is 5. The Labute approximate surface area is 134 Å². The standard InChI is InChI=1S/C18H18N4O/c1-11-2-4-12(5-3-11)10-13-8-9-21-18(22-13)14-6-7-15(19)16(20)17(14)23/h2-9,23H,10,19-20H2,1H3. The minimum atomic E-state index is -0.0857. The molecule has 0 amide bonds. The summed E-state index contributed by atoms with van der Waals surface area (Å²) in [5.74, 6) is 0.344. The van der Waals surface area contributed by atoms with Gasteiger partial charge in [0, 0.05) is 18.3 Å². The van der Waals surface area contributed by atoms with E-state index in [0.29, 0.717) is 23.5 Å². The van der Waals surface area contributed by atoms with E-state index in [1.54, 1.807) is 18.3 Å². The lowest BCUT2D eigenvalue weighted by Crippen LogP contribution is -1.99. The highest BCUT2D eigenvalue weighted by molar-refractivity contribution is 5.81. The fourth-order valence-electron chi connectivity index (χ4n) is 2.34. The average molecular weight is 306 g/mol. The van der Waals surface area contributed by atoms with Gasteiger partial charge in [0.15, 0.2) is 11.6 Å². The van der Waals surface area contributed by atoms with Gasteiger partial charge < -0.3 is 16.6 Å². The summed E-state index contributed by atoms with van der Waals surface area (Å²) in [6, 6.07) is 13.5. The molecule has 0 aliphatic heterocycles. The van der Waals surface area contributed by atoms with Crippen LogP contribution in [0, 0.1) is 6.92 Å². The topological polar surface area (TPSA) is 98.0 Å². The van der Waals surface area contributed by atoms with Crippen LogP contribution in [-0.2, 0) is 6.42 Å². The third kappa shape index (κ3) is 3.08. The summed E-state index contributed by atoms with van der Waals surface area (Å²) in [7, 11) is 0. The number of nitrogens with zero attached hydrogens (tertiary/aromatic N) is 2. The van der Waals surface area contributed by atoms with E-state index in [-0.39, 0.29) is 11.4 Å². The van der Waals surface area contributed by atoms with Crippen molar-refractivity contribution in [2.24, 2.45) is 0 Å². The van der Waals surface area contributed by atoms with E-state index in [9.17, 15) is 5.11 Å². The zero-order valence-electron chi connectivity index (χ0n) is 12.8. The highest BCUT2D eigenvalue weighted by atomic mass is 16.3. The maximum absolute atomic E-state index is 10.2. The predicted octanol–water partition coefficient (Wildman–Crippen LogP) is 2.91. The second-order valence-electron chi connectivity index (χ2n) is 5.50. The molecule has 1 aromatic heterocycles. The number of rotatable bonds is 3. The highest BCUT2D eigenvalue weighted by Gasteiger charge is 2.12. The second kappa shape index (κ2) is 5.96. The van der Waals surface area contributed by atoms with Crippen molar-refractivity contribution < 1.29 is 5.11 Å². The number of anilines is 2. The first-order valence-electron chi connectivity index (χ1n) is 7.29. The molecule has 5 heteroatoms. The number of phenols is 1. The van der Waals surface area contributed by atoms with Crippen LogP contribution >= 0.6 is 0 Å². The Bertz CT molecular complexity index is 844. The summed E-state index contributed by atoms with van der Waals surface area (Å²) < 4.78 is 0. The maximum atomic E-state index is 10.2. The number of aromatic nitrogens is 2. The van der Waals surface area contributed by atoms with Gasteiger partial charge in [-0.1, -0.05) is 29.8 Å². The molecular formula is C18H18N4O. The molecule has 0 bridgehead atoms. The second-order valence-corrected chi connectivity index (χ2v) is 5.50. The third-order valence-corrected chi connectivity index (χ3v) is 3.71. The molecule has 3 aromatic rings. The number of hydrogen-bond donors (Lipinski definition) is 3. The van der Waals surface area contributed by atoms with E-state index in [0.717, 1.165) is 5.69 Å². The largest absolute Gasteiger partial charge is 0.505 e. The molecule has 0 fully saturated rings. The first-order chi connectivity index (χ1) is 11.0. The van der Waals surface area contributed by atoms with Gasteiger partial charge in [-0.3, -0.25) is 0 Å². The monoisotopic (exact) mass is 306 g/mol. The zero-order chi connectivity index (χ0) is 16.4. The van der Waals surface area contributed by atoms with Crippen molar-refractivity contribution in [3.05, 3.63) is 65.5 Å². The molecule has 5 N–H and O–H groups in total. The van der Waals surface area contributed by atoms with Gasteiger partial charge in [-0.2, -0.15) is 0 Å². The van der Waals surface area contributed by atoms with Gasteiger partial charge in [0.25, 0.3) is 0 Å². The van der Waals surface area contributed by atoms with Gasteiger partial charge in [-0.25, -0.2) is 9.97 Å². The van der Waals surface area contributed by atoms with Crippen molar-refractivity contribution in [2.45, 2.75) is 13.3 Å². The van der Waals surface area contributed by atoms with Crippen LogP contribution in [0.25, 0.3) is 11.4 Å². The van der Waals surface area contributed by atoms with E-state index < -0.39 is 0 Å². The molecule has 2 aromatic carbocycles. The predicted molar refractivity (Wildman–Crippen MR) is 91.9 cm³/mol. The Morgan fingerprint density at radius 1 is 1.00 bits per heavy atom. The Kier molecular flexibility index (Phi) is 3.85. The highest BCUT2D eigenvalue weighted by Crippen LogP contribution is 2.35. The van der Waals surface area contributed by atoms with Gasteiger partial charge in [-0.15, -0.1) is 0 Å². The fourth-order valence-corrected chi connectivity index (χ4v) is 2.34. The molecule has 0 aliphatic carbocycles. The van der Waals surface area contributed by atoms with Crippen molar-refractivity contribution in [1.29, 1.82) is 0 Å². The number of nitrogens with two attached hydrogens (primary N) is 2. The number of phenolic OH excluding ortho intramolecular Hbond substituents is 1. The van der Waals surface area contributed by atoms with Crippen molar-refractivity contribution in [1.82, 2.24) is 9.97 Å². The molecular weight excluding hydrogens is 288 g/mol. The van der Waals surface area contributed by atoms with Gasteiger partial charge in [-0.05, 0) is 30.7 Å². The van der Waals surface area contributed by atoms with Gasteiger partial charge >= 0.3 is 0 Å². The van der Waals surface area contributed by atoms with Gasteiger partial charge in [0.05, 0.1) is 16.9 Å². The average Bonchev–Trinajstić information content (AvgIpc) is 2.55. The first-order valence-corrected chi connectivity index (χ1v) is 7.29. The minimum absolute atomic E-state index is 0.0857. The van der Waals surface area contributed by atoms with E-state index in [1.807, 2.05) is 6.07 Å². The number of nitrogen functional groups attached to an aromatic ring is 2. The van der Waals surface area contributed by atoms with Crippen LogP contribution in [0.4, 0.5) is 11.4 Å². The van der Waals surface area contributed by atoms with Crippen LogP contribution in [0.1, 0.15) is 16.8 Å². The molecule has 0 atom stereocenters. The third-order valence-electron chi connectivity index (χ3n) is 3.71. The summed E-state index contributed by atoms with van der Waals surface area (Å²) in [6.45, 7) is 2.06. The van der Waals surface area contributed by atoms with E-state index in [1.165, 1.54) is 11.1 Å². The SMILES string of the molecule is Cc1ccc(Cc2ccnc(-c3ccc(N)c(N)c3O)n2)cc1. The Morgan fingerprint density at radius 2 is 1.74 bits per heavy atom. The van der Waals surface area contributed by atoms with Crippen LogP contribution in [0.5, 0.6) is 5.75 Å². The van der Waals surface area contributed by atoms with Crippen LogP contribution in [0.15, 0.2) is 48.7 Å². The van der Waals surface area contributed by atoms with Crippen molar-refractivity contribution in [2.75, 3.05) is 11.5 Å². The maximum Gasteiger partial charge on any atom is 0.163 e. The van der Waals surface area contributed by atoms with E-state index in [4.69, 9.17) is 11.5 Å². The molecule has 0 unspecified atom stereocenters. The molecule has 0 aliphatic rings. The number of aromatic hydroxyl groups is 1. The normalized spacial score (nSPS) is 10.7. The molecule has 1 heterocycles. The molecule has 0 radical (unpaired) electrons. The van der Waals surface area contributed by atoms with Crippen molar-refractivity contribution >= 4 is 11.4 Å². The molecule has 5 nitrogen and oxygen atoms in total. The van der Waals surface area contributed by atoms with Crippen LogP contribution in [0.3, 0.4) is 0 Å². The van der Waals surface area contributed by atoms with Crippen LogP contribution in [-0.4, -0.2) is 15.1 Å². The molecule has 0 saturated carbocycles. The number of aryl methyl sites for hydroxylation is 1. The molecule has 0 spiro atoms. The smallest absolute Gasteiger partial charge is 0.163 e. The Hall–Kier alpha value is -3.08. The summed E-state index contributed by atoms with van der Waals surface area (Å²) in [5, 5.41) is 10.2. The van der Waals surface area contributed by atoms with Crippen molar-refractivity contribution in [3.63, 3.8) is 0 Å². The Morgan fingerprint density at radius 3 is 2.48 bits per heavy atom. The van der Waals surface area contributed by atoms with Crippen molar-refractivity contribution in [3.8, 4) is 17.1 Å². The Balaban J connectivity index is 1.94.